The van der Waals surface area contributed by atoms with Crippen LogP contribution in [0.5, 0.6) is 0 Å². The Morgan fingerprint density at radius 1 is 0.311 bits per heavy atom. The summed E-state index contributed by atoms with van der Waals surface area (Å²) in [4.78, 5) is 2.34. The molecule has 0 spiro atoms. The average molecular weight is 779 g/mol. The highest BCUT2D eigenvalue weighted by Gasteiger charge is 2.17. The molecule has 0 aliphatic carbocycles. The van der Waals surface area contributed by atoms with Crippen molar-refractivity contribution in [1.82, 2.24) is 4.57 Å². The second-order valence-electron chi connectivity index (χ2n) is 15.7. The molecule has 2 heterocycles. The number of hydrogen-bond acceptors (Lipinski definition) is 2. The summed E-state index contributed by atoms with van der Waals surface area (Å²) in [5.41, 5.74) is 15.6. The van der Waals surface area contributed by atoms with Crippen molar-refractivity contribution in [3.8, 4) is 39.1 Å². The molecule has 2 aromatic heterocycles. The quantitative estimate of drug-likeness (QED) is 0.161. The van der Waals surface area contributed by atoms with Crippen LogP contribution in [0.25, 0.3) is 93.6 Å². The zero-order valence-electron chi connectivity index (χ0n) is 33.2. The summed E-state index contributed by atoms with van der Waals surface area (Å²) in [5.74, 6) is 0. The highest BCUT2D eigenvalue weighted by Crippen LogP contribution is 2.41. The molecular formula is C58H38N2O. The van der Waals surface area contributed by atoms with Crippen molar-refractivity contribution in [2.24, 2.45) is 0 Å². The minimum Gasteiger partial charge on any atom is -0.455 e. The van der Waals surface area contributed by atoms with Gasteiger partial charge in [0.25, 0.3) is 0 Å². The van der Waals surface area contributed by atoms with Crippen molar-refractivity contribution in [1.29, 1.82) is 0 Å². The molecule has 0 aliphatic rings. The van der Waals surface area contributed by atoms with E-state index in [4.69, 9.17) is 4.42 Å². The van der Waals surface area contributed by atoms with Gasteiger partial charge in [-0.05, 0) is 105 Å². The second-order valence-corrected chi connectivity index (χ2v) is 15.7. The van der Waals surface area contributed by atoms with Crippen LogP contribution < -0.4 is 4.90 Å². The molecule has 3 heteroatoms. The second kappa shape index (κ2) is 14.3. The van der Waals surface area contributed by atoms with Crippen molar-refractivity contribution < 1.29 is 4.42 Å². The molecule has 0 N–H and O–H groups in total. The summed E-state index contributed by atoms with van der Waals surface area (Å²) in [6.07, 6.45) is 0. The molecule has 0 amide bonds. The Labute approximate surface area is 353 Å². The van der Waals surface area contributed by atoms with Gasteiger partial charge in [-0.15, -0.1) is 0 Å². The van der Waals surface area contributed by atoms with Gasteiger partial charge in [-0.2, -0.15) is 0 Å². The van der Waals surface area contributed by atoms with E-state index in [1.165, 1.54) is 49.3 Å². The predicted octanol–water partition coefficient (Wildman–Crippen LogP) is 16.3. The molecule has 0 saturated carbocycles. The van der Waals surface area contributed by atoms with Crippen LogP contribution in [0.4, 0.5) is 17.1 Å². The third-order valence-electron chi connectivity index (χ3n) is 12.2. The normalized spacial score (nSPS) is 11.6. The van der Waals surface area contributed by atoms with Crippen LogP contribution >= 0.6 is 0 Å². The summed E-state index contributed by atoms with van der Waals surface area (Å²) in [7, 11) is 0. The topological polar surface area (TPSA) is 21.3 Å². The molecule has 0 atom stereocenters. The first-order chi connectivity index (χ1) is 30.2. The van der Waals surface area contributed by atoms with Crippen LogP contribution in [0, 0.1) is 0 Å². The largest absolute Gasteiger partial charge is 0.455 e. The minimum absolute atomic E-state index is 0.905. The summed E-state index contributed by atoms with van der Waals surface area (Å²) in [6, 6.07) is 82.8. The maximum Gasteiger partial charge on any atom is 0.143 e. The molecule has 0 fully saturated rings. The summed E-state index contributed by atoms with van der Waals surface area (Å²) < 4.78 is 8.79. The van der Waals surface area contributed by atoms with E-state index in [0.29, 0.717) is 0 Å². The van der Waals surface area contributed by atoms with Gasteiger partial charge in [0.2, 0.25) is 0 Å². The van der Waals surface area contributed by atoms with E-state index in [9.17, 15) is 0 Å². The Kier molecular flexibility index (Phi) is 8.17. The molecule has 3 nitrogen and oxygen atoms in total. The third-order valence-corrected chi connectivity index (χ3v) is 12.2. The van der Waals surface area contributed by atoms with E-state index in [2.05, 4.69) is 228 Å². The Balaban J connectivity index is 0.911. The van der Waals surface area contributed by atoms with Crippen LogP contribution in [-0.4, -0.2) is 4.57 Å². The molecule has 0 radical (unpaired) electrons. The van der Waals surface area contributed by atoms with Gasteiger partial charge in [0.15, 0.2) is 0 Å². The van der Waals surface area contributed by atoms with Gasteiger partial charge in [0.1, 0.15) is 11.2 Å². The van der Waals surface area contributed by atoms with E-state index in [1.54, 1.807) is 0 Å². The number of para-hydroxylation sites is 4. The lowest BCUT2D eigenvalue weighted by molar-refractivity contribution is 0.670. The monoisotopic (exact) mass is 778 g/mol. The number of benzene rings is 10. The predicted molar refractivity (Wildman–Crippen MR) is 257 cm³/mol. The van der Waals surface area contributed by atoms with Crippen molar-refractivity contribution in [2.75, 3.05) is 4.90 Å². The highest BCUT2D eigenvalue weighted by atomic mass is 16.3. The SMILES string of the molecule is c1ccc2c(-c3ccc(N(c4ccc(-c5ccc(-n6c7ccccc7c7ccccc76)cc5)cc4)c4ccc(-c5cccc6c5oc5ccccc56)cc4)cc3)cccc2c1. The van der Waals surface area contributed by atoms with Gasteiger partial charge in [-0.25, -0.2) is 0 Å². The van der Waals surface area contributed by atoms with Gasteiger partial charge in [0.05, 0.1) is 11.0 Å². The van der Waals surface area contributed by atoms with Crippen molar-refractivity contribution >= 4 is 71.6 Å². The van der Waals surface area contributed by atoms with E-state index >= 15 is 0 Å². The zero-order valence-corrected chi connectivity index (χ0v) is 33.2. The average Bonchev–Trinajstić information content (AvgIpc) is 3.89. The van der Waals surface area contributed by atoms with Crippen LogP contribution in [0.2, 0.25) is 0 Å². The van der Waals surface area contributed by atoms with Gasteiger partial charge < -0.3 is 13.9 Å². The molecule has 286 valence electrons. The van der Waals surface area contributed by atoms with Gasteiger partial charge in [-0.3, -0.25) is 0 Å². The number of aromatic nitrogens is 1. The van der Waals surface area contributed by atoms with Crippen LogP contribution in [0.1, 0.15) is 0 Å². The molecule has 12 aromatic rings. The zero-order chi connectivity index (χ0) is 40.3. The standard InChI is InChI=1S/C58H38N2O/c1-2-13-48-41(11-1)12-9-17-49(48)42-27-35-45(36-28-42)59(46-37-29-43(30-38-46)50-18-10-19-54-53-16-5-8-22-57(53)61-58(50)54)44-31-23-39(24-32-44)40-25-33-47(34-26-40)60-55-20-6-3-14-51(55)52-15-4-7-21-56(52)60/h1-38H. The lowest BCUT2D eigenvalue weighted by atomic mass is 9.98. The van der Waals surface area contributed by atoms with Crippen molar-refractivity contribution in [2.45, 2.75) is 0 Å². The number of furan rings is 1. The molecular weight excluding hydrogens is 741 g/mol. The van der Waals surface area contributed by atoms with E-state index in [0.717, 1.165) is 61.4 Å². The Morgan fingerprint density at radius 2 is 0.754 bits per heavy atom. The fourth-order valence-electron chi connectivity index (χ4n) is 9.29. The molecule has 0 bridgehead atoms. The molecule has 61 heavy (non-hydrogen) atoms. The summed E-state index contributed by atoms with van der Waals surface area (Å²) in [6.45, 7) is 0. The Hall–Kier alpha value is -8.14. The highest BCUT2D eigenvalue weighted by molar-refractivity contribution is 6.10. The van der Waals surface area contributed by atoms with Crippen molar-refractivity contribution in [3.05, 3.63) is 231 Å². The molecule has 0 aliphatic heterocycles. The molecule has 0 unspecified atom stereocenters. The maximum atomic E-state index is 6.42. The lowest BCUT2D eigenvalue weighted by Crippen LogP contribution is -2.09. The van der Waals surface area contributed by atoms with E-state index < -0.39 is 0 Å². The Morgan fingerprint density at radius 3 is 1.39 bits per heavy atom. The van der Waals surface area contributed by atoms with E-state index in [1.807, 2.05) is 12.1 Å². The maximum absolute atomic E-state index is 6.42. The molecule has 0 saturated heterocycles. The Bertz CT molecular complexity index is 3500. The third kappa shape index (κ3) is 5.90. The number of hydrogen-bond donors (Lipinski definition) is 0. The summed E-state index contributed by atoms with van der Waals surface area (Å²) in [5, 5.41) is 7.30. The van der Waals surface area contributed by atoms with Crippen molar-refractivity contribution in [3.63, 3.8) is 0 Å². The smallest absolute Gasteiger partial charge is 0.143 e. The first-order valence-electron chi connectivity index (χ1n) is 20.8. The minimum atomic E-state index is 0.905. The van der Waals surface area contributed by atoms with E-state index in [-0.39, 0.29) is 0 Å². The van der Waals surface area contributed by atoms with Crippen LogP contribution in [0.3, 0.4) is 0 Å². The van der Waals surface area contributed by atoms with Gasteiger partial charge in [0, 0.05) is 49.9 Å². The number of fused-ring (bicyclic) bond motifs is 7. The van der Waals surface area contributed by atoms with Crippen LogP contribution in [-0.2, 0) is 0 Å². The fourth-order valence-corrected chi connectivity index (χ4v) is 9.29. The molecule has 12 rings (SSSR count). The van der Waals surface area contributed by atoms with Gasteiger partial charge in [-0.1, -0.05) is 164 Å². The summed E-state index contributed by atoms with van der Waals surface area (Å²) >= 11 is 0. The number of rotatable bonds is 7. The van der Waals surface area contributed by atoms with Gasteiger partial charge >= 0.3 is 0 Å². The first-order valence-corrected chi connectivity index (χ1v) is 20.8. The lowest BCUT2D eigenvalue weighted by Gasteiger charge is -2.26. The fraction of sp³-hybridized carbons (Fsp3) is 0. The molecule has 10 aromatic carbocycles. The van der Waals surface area contributed by atoms with Crippen LogP contribution in [0.15, 0.2) is 235 Å². The number of nitrogens with zero attached hydrogens (tertiary/aromatic N) is 2. The first kappa shape index (κ1) is 34.9. The number of anilines is 3.